The van der Waals surface area contributed by atoms with Crippen molar-refractivity contribution in [1.82, 2.24) is 5.32 Å². The molecule has 0 spiro atoms. The second-order valence-corrected chi connectivity index (χ2v) is 4.85. The van der Waals surface area contributed by atoms with Crippen molar-refractivity contribution >= 4 is 5.91 Å². The molecule has 1 aromatic rings. The Morgan fingerprint density at radius 1 is 1.42 bits per heavy atom. The summed E-state index contributed by atoms with van der Waals surface area (Å²) in [5.74, 6) is -0.516. The van der Waals surface area contributed by atoms with Crippen LogP contribution in [0.2, 0.25) is 0 Å². The topological polar surface area (TPSA) is 58.6 Å². The number of hydrogen-bond donors (Lipinski definition) is 2. The van der Waals surface area contributed by atoms with Gasteiger partial charge >= 0.3 is 0 Å². The summed E-state index contributed by atoms with van der Waals surface area (Å²) < 4.78 is 18.7. The van der Waals surface area contributed by atoms with Crippen molar-refractivity contribution in [2.75, 3.05) is 13.2 Å². The number of carbonyl (C=O) groups excluding carboxylic acids is 1. The molecule has 0 unspecified atom stereocenters. The van der Waals surface area contributed by atoms with Gasteiger partial charge in [0.05, 0.1) is 6.10 Å². The minimum atomic E-state index is -0.738. The highest BCUT2D eigenvalue weighted by atomic mass is 19.1. The molecule has 0 aliphatic heterocycles. The fourth-order valence-electron chi connectivity index (χ4n) is 1.41. The first-order valence-electron chi connectivity index (χ1n) is 6.27. The average molecular weight is 269 g/mol. The van der Waals surface area contributed by atoms with Crippen molar-refractivity contribution in [3.05, 3.63) is 29.6 Å². The summed E-state index contributed by atoms with van der Waals surface area (Å²) in [5.41, 5.74) is 0.467. The van der Waals surface area contributed by atoms with E-state index in [2.05, 4.69) is 5.32 Å². The van der Waals surface area contributed by atoms with Gasteiger partial charge in [-0.05, 0) is 30.5 Å². The van der Waals surface area contributed by atoms with Crippen LogP contribution in [0.25, 0.3) is 0 Å². The zero-order chi connectivity index (χ0) is 14.4. The molecule has 0 aliphatic carbocycles. The molecule has 1 rings (SSSR count). The van der Waals surface area contributed by atoms with Crippen LogP contribution in [0, 0.1) is 11.7 Å². The highest BCUT2D eigenvalue weighted by Gasteiger charge is 2.10. The van der Waals surface area contributed by atoms with E-state index in [1.165, 1.54) is 12.1 Å². The molecule has 0 fully saturated rings. The number of rotatable bonds is 6. The maximum atomic E-state index is 13.6. The number of carbonyl (C=O) groups is 1. The third kappa shape index (κ3) is 5.26. The van der Waals surface area contributed by atoms with Crippen LogP contribution in [-0.4, -0.2) is 24.2 Å². The van der Waals surface area contributed by atoms with Gasteiger partial charge in [-0.1, -0.05) is 19.9 Å². The number of aliphatic hydroxyl groups is 1. The Morgan fingerprint density at radius 2 is 2.11 bits per heavy atom. The number of benzene rings is 1. The van der Waals surface area contributed by atoms with Crippen LogP contribution in [0.1, 0.15) is 32.4 Å². The van der Waals surface area contributed by atoms with E-state index in [1.807, 2.05) is 13.8 Å². The maximum Gasteiger partial charge on any atom is 0.257 e. The lowest BCUT2D eigenvalue weighted by Crippen LogP contribution is -2.31. The minimum Gasteiger partial charge on any atom is -0.481 e. The van der Waals surface area contributed by atoms with E-state index in [0.29, 0.717) is 18.0 Å². The molecular weight excluding hydrogens is 249 g/mol. The smallest absolute Gasteiger partial charge is 0.257 e. The van der Waals surface area contributed by atoms with Gasteiger partial charge in [-0.2, -0.15) is 0 Å². The maximum absolute atomic E-state index is 13.6. The summed E-state index contributed by atoms with van der Waals surface area (Å²) in [4.78, 5) is 11.4. The van der Waals surface area contributed by atoms with Crippen molar-refractivity contribution in [2.24, 2.45) is 5.92 Å². The molecular formula is C14H20FNO3. The van der Waals surface area contributed by atoms with Gasteiger partial charge in [0.1, 0.15) is 0 Å². The second kappa shape index (κ2) is 7.09. The van der Waals surface area contributed by atoms with Gasteiger partial charge in [0.2, 0.25) is 0 Å². The van der Waals surface area contributed by atoms with Crippen LogP contribution in [0.15, 0.2) is 18.2 Å². The van der Waals surface area contributed by atoms with Crippen LogP contribution < -0.4 is 10.1 Å². The highest BCUT2D eigenvalue weighted by Crippen LogP contribution is 2.21. The minimum absolute atomic E-state index is 0.00379. The Balaban J connectivity index is 2.51. The lowest BCUT2D eigenvalue weighted by molar-refractivity contribution is -0.123. The van der Waals surface area contributed by atoms with Crippen molar-refractivity contribution in [2.45, 2.75) is 26.9 Å². The van der Waals surface area contributed by atoms with E-state index in [1.54, 1.807) is 13.0 Å². The zero-order valence-corrected chi connectivity index (χ0v) is 11.4. The van der Waals surface area contributed by atoms with Gasteiger partial charge < -0.3 is 15.2 Å². The number of nitrogens with one attached hydrogen (secondary N) is 1. The number of amides is 1. The van der Waals surface area contributed by atoms with Gasteiger partial charge in [-0.3, -0.25) is 4.79 Å². The molecule has 1 aromatic carbocycles. The van der Waals surface area contributed by atoms with Gasteiger partial charge in [0.25, 0.3) is 5.91 Å². The molecule has 1 atom stereocenters. The molecule has 4 nitrogen and oxygen atoms in total. The van der Waals surface area contributed by atoms with Crippen molar-refractivity contribution in [3.63, 3.8) is 0 Å². The second-order valence-electron chi connectivity index (χ2n) is 4.85. The lowest BCUT2D eigenvalue weighted by atomic mass is 10.1. The summed E-state index contributed by atoms with van der Waals surface area (Å²) in [7, 11) is 0. The molecule has 5 heteroatoms. The molecule has 106 valence electrons. The molecule has 0 radical (unpaired) electrons. The fraction of sp³-hybridized carbons (Fsp3) is 0.500. The standard InChI is InChI=1S/C14H20FNO3/c1-9(2)7-16-14(18)8-19-13-5-4-11(10(3)17)6-12(13)15/h4-6,9-10,17H,7-8H2,1-3H3,(H,16,18)/t10-/m1/s1. The van der Waals surface area contributed by atoms with Crippen molar-refractivity contribution in [1.29, 1.82) is 0 Å². The molecule has 0 aliphatic rings. The molecule has 0 aromatic heterocycles. The van der Waals surface area contributed by atoms with Crippen molar-refractivity contribution < 1.29 is 19.0 Å². The first-order chi connectivity index (χ1) is 8.90. The summed E-state index contributed by atoms with van der Waals surface area (Å²) in [6.07, 6.45) is -0.738. The van der Waals surface area contributed by atoms with Crippen LogP contribution in [0.4, 0.5) is 4.39 Å². The largest absolute Gasteiger partial charge is 0.481 e. The van der Waals surface area contributed by atoms with Crippen LogP contribution in [-0.2, 0) is 4.79 Å². The van der Waals surface area contributed by atoms with Crippen LogP contribution >= 0.6 is 0 Å². The molecule has 2 N–H and O–H groups in total. The van der Waals surface area contributed by atoms with E-state index in [-0.39, 0.29) is 18.3 Å². The predicted octanol–water partition coefficient (Wildman–Crippen LogP) is 2.03. The predicted molar refractivity (Wildman–Crippen MR) is 70.4 cm³/mol. The first kappa shape index (κ1) is 15.4. The molecule has 0 heterocycles. The Labute approximate surface area is 112 Å². The van der Waals surface area contributed by atoms with Crippen molar-refractivity contribution in [3.8, 4) is 5.75 Å². The number of ether oxygens (including phenoxy) is 1. The van der Waals surface area contributed by atoms with E-state index < -0.39 is 11.9 Å². The molecule has 19 heavy (non-hydrogen) atoms. The monoisotopic (exact) mass is 269 g/mol. The summed E-state index contributed by atoms with van der Waals surface area (Å²) in [6, 6.07) is 4.17. The van der Waals surface area contributed by atoms with Gasteiger partial charge in [-0.15, -0.1) is 0 Å². The first-order valence-corrected chi connectivity index (χ1v) is 6.27. The van der Waals surface area contributed by atoms with E-state index in [4.69, 9.17) is 4.74 Å². The summed E-state index contributed by atoms with van der Waals surface area (Å²) >= 11 is 0. The normalized spacial score (nSPS) is 12.3. The third-order valence-electron chi connectivity index (χ3n) is 2.50. The quantitative estimate of drug-likeness (QED) is 0.830. The van der Waals surface area contributed by atoms with Gasteiger partial charge in [-0.25, -0.2) is 4.39 Å². The summed E-state index contributed by atoms with van der Waals surface area (Å²) in [5, 5.41) is 12.0. The van der Waals surface area contributed by atoms with E-state index in [9.17, 15) is 14.3 Å². The Kier molecular flexibility index (Phi) is 5.76. The van der Waals surface area contributed by atoms with Gasteiger partial charge in [0.15, 0.2) is 18.2 Å². The average Bonchev–Trinajstić information content (AvgIpc) is 2.34. The Hall–Kier alpha value is -1.62. The Bertz CT molecular complexity index is 433. The fourth-order valence-corrected chi connectivity index (χ4v) is 1.41. The van der Waals surface area contributed by atoms with Crippen LogP contribution in [0.5, 0.6) is 5.75 Å². The molecule has 0 bridgehead atoms. The highest BCUT2D eigenvalue weighted by molar-refractivity contribution is 5.77. The zero-order valence-electron chi connectivity index (χ0n) is 11.4. The summed E-state index contributed by atoms with van der Waals surface area (Å²) in [6.45, 7) is 5.85. The van der Waals surface area contributed by atoms with Gasteiger partial charge in [0, 0.05) is 6.54 Å². The number of hydrogen-bond acceptors (Lipinski definition) is 3. The molecule has 0 saturated heterocycles. The molecule has 0 saturated carbocycles. The SMILES string of the molecule is CC(C)CNC(=O)COc1ccc([C@@H](C)O)cc1F. The lowest BCUT2D eigenvalue weighted by Gasteiger charge is -2.11. The Morgan fingerprint density at radius 3 is 2.63 bits per heavy atom. The van der Waals surface area contributed by atoms with Crippen LogP contribution in [0.3, 0.4) is 0 Å². The third-order valence-corrected chi connectivity index (χ3v) is 2.50. The number of halogens is 1. The number of aliphatic hydroxyl groups excluding tert-OH is 1. The van der Waals surface area contributed by atoms with E-state index >= 15 is 0 Å². The molecule has 1 amide bonds. The van der Waals surface area contributed by atoms with E-state index in [0.717, 1.165) is 0 Å².